The van der Waals surface area contributed by atoms with E-state index in [2.05, 4.69) is 27.0 Å². The first-order chi connectivity index (χ1) is 11.1. The van der Waals surface area contributed by atoms with Crippen molar-refractivity contribution in [2.75, 3.05) is 13.7 Å². The van der Waals surface area contributed by atoms with E-state index in [0.717, 1.165) is 23.0 Å². The Kier molecular flexibility index (Phi) is 3.18. The highest BCUT2D eigenvalue weighted by Crippen LogP contribution is 2.44. The van der Waals surface area contributed by atoms with Crippen LogP contribution in [0.5, 0.6) is 0 Å². The molecule has 2 atom stereocenters. The maximum Gasteiger partial charge on any atom is 0.336 e. The number of rotatable bonds is 4. The molecular formula is C18H21N3O2. The van der Waals surface area contributed by atoms with Crippen LogP contribution >= 0.6 is 0 Å². The molecule has 4 rings (SSSR count). The first kappa shape index (κ1) is 14.3. The third-order valence-electron chi connectivity index (χ3n) is 5.02. The molecule has 0 spiro atoms. The molecule has 5 heteroatoms. The van der Waals surface area contributed by atoms with E-state index in [4.69, 9.17) is 4.74 Å². The number of aliphatic imine (C=N–C) groups is 1. The Bertz CT molecular complexity index is 777. The van der Waals surface area contributed by atoms with Crippen molar-refractivity contribution in [2.24, 2.45) is 10.9 Å². The molecule has 2 aliphatic rings. The van der Waals surface area contributed by atoms with Crippen LogP contribution in [0.15, 0.2) is 35.5 Å². The number of nitrogens with zero attached hydrogens (tertiary/aromatic N) is 2. The van der Waals surface area contributed by atoms with Crippen molar-refractivity contribution in [1.82, 2.24) is 9.88 Å². The molecule has 5 nitrogen and oxygen atoms in total. The van der Waals surface area contributed by atoms with Crippen molar-refractivity contribution in [3.8, 4) is 0 Å². The number of esters is 1. The van der Waals surface area contributed by atoms with Crippen LogP contribution in [0.2, 0.25) is 0 Å². The molecule has 2 aromatic rings. The van der Waals surface area contributed by atoms with Gasteiger partial charge >= 0.3 is 5.97 Å². The lowest BCUT2D eigenvalue weighted by molar-refractivity contribution is -0.147. The van der Waals surface area contributed by atoms with Gasteiger partial charge in [-0.05, 0) is 31.7 Å². The van der Waals surface area contributed by atoms with E-state index in [1.54, 1.807) is 0 Å². The molecule has 1 aliphatic heterocycles. The molecule has 0 radical (unpaired) electrons. The van der Waals surface area contributed by atoms with Crippen molar-refractivity contribution in [3.63, 3.8) is 0 Å². The third kappa shape index (κ3) is 2.22. The number of ether oxygens (including phenoxy) is 1. The zero-order chi connectivity index (χ0) is 16.0. The van der Waals surface area contributed by atoms with Crippen LogP contribution in [-0.2, 0) is 9.53 Å². The summed E-state index contributed by atoms with van der Waals surface area (Å²) in [6.45, 7) is 2.81. The smallest absolute Gasteiger partial charge is 0.336 e. The minimum atomic E-state index is -0.908. The molecule has 1 fully saturated rings. The summed E-state index contributed by atoms with van der Waals surface area (Å²) in [5.41, 5.74) is 1.27. The summed E-state index contributed by atoms with van der Waals surface area (Å²) in [5, 5.41) is 1.14. The van der Waals surface area contributed by atoms with Gasteiger partial charge < -0.3 is 14.6 Å². The second-order valence-electron chi connectivity index (χ2n) is 6.72. The van der Waals surface area contributed by atoms with Gasteiger partial charge in [-0.1, -0.05) is 18.2 Å². The van der Waals surface area contributed by atoms with E-state index in [9.17, 15) is 4.79 Å². The van der Waals surface area contributed by atoms with E-state index >= 15 is 0 Å². The minimum absolute atomic E-state index is 0.133. The normalized spacial score (nSPS) is 26.9. The van der Waals surface area contributed by atoms with Crippen LogP contribution in [0.1, 0.15) is 31.4 Å². The summed E-state index contributed by atoms with van der Waals surface area (Å²) in [4.78, 5) is 22.5. The number of para-hydroxylation sites is 1. The van der Waals surface area contributed by atoms with Crippen LogP contribution in [0, 0.1) is 5.92 Å². The van der Waals surface area contributed by atoms with Gasteiger partial charge in [-0.25, -0.2) is 4.79 Å². The monoisotopic (exact) mass is 311 g/mol. The number of carbonyl (C=O) groups excluding carboxylic acids is 1. The Hall–Kier alpha value is -2.30. The molecule has 23 heavy (non-hydrogen) atoms. The molecule has 0 amide bonds. The Morgan fingerprint density at radius 1 is 1.43 bits per heavy atom. The number of aromatic nitrogens is 1. The fraction of sp³-hybridized carbons (Fsp3) is 0.444. The number of methoxy groups -OCH3 is 1. The van der Waals surface area contributed by atoms with Gasteiger partial charge in [-0.2, -0.15) is 0 Å². The largest absolute Gasteiger partial charge is 0.467 e. The van der Waals surface area contributed by atoms with Crippen molar-refractivity contribution < 1.29 is 9.53 Å². The number of hydrogen-bond donors (Lipinski definition) is 1. The zero-order valence-electron chi connectivity index (χ0n) is 13.5. The Morgan fingerprint density at radius 3 is 2.96 bits per heavy atom. The molecule has 0 saturated heterocycles. The van der Waals surface area contributed by atoms with E-state index in [1.165, 1.54) is 20.0 Å². The maximum atomic E-state index is 12.5. The van der Waals surface area contributed by atoms with Crippen molar-refractivity contribution in [2.45, 2.75) is 31.3 Å². The lowest BCUT2D eigenvalue weighted by atomic mass is 9.87. The number of carbonyl (C=O) groups is 1. The van der Waals surface area contributed by atoms with Crippen LogP contribution in [-0.4, -0.2) is 41.4 Å². The van der Waals surface area contributed by atoms with Gasteiger partial charge in [0.1, 0.15) is 0 Å². The molecular weight excluding hydrogens is 290 g/mol. The van der Waals surface area contributed by atoms with E-state index < -0.39 is 5.54 Å². The average Bonchev–Trinajstić information content (AvgIpc) is 3.20. The van der Waals surface area contributed by atoms with Crippen molar-refractivity contribution >= 4 is 23.2 Å². The van der Waals surface area contributed by atoms with E-state index in [1.807, 2.05) is 31.6 Å². The summed E-state index contributed by atoms with van der Waals surface area (Å²) in [6.07, 6.45) is 6.37. The fourth-order valence-corrected chi connectivity index (χ4v) is 3.58. The highest BCUT2D eigenvalue weighted by molar-refractivity contribution is 5.90. The van der Waals surface area contributed by atoms with Gasteiger partial charge in [0.15, 0.2) is 5.54 Å². The van der Waals surface area contributed by atoms with Gasteiger partial charge in [0, 0.05) is 29.2 Å². The molecule has 1 aromatic carbocycles. The second kappa shape index (κ2) is 5.11. The third-order valence-corrected chi connectivity index (χ3v) is 5.02. The fourth-order valence-electron chi connectivity index (χ4n) is 3.58. The molecule has 2 heterocycles. The van der Waals surface area contributed by atoms with Gasteiger partial charge in [0.2, 0.25) is 0 Å². The SMILES string of the molecule is COC(=O)C1(C)N=CN(CC2CC2)C1c1c[nH]c2ccccc12. The number of H-pyrrole nitrogens is 1. The van der Waals surface area contributed by atoms with E-state index in [0.29, 0.717) is 5.92 Å². The summed E-state index contributed by atoms with van der Waals surface area (Å²) in [6, 6.07) is 8.04. The topological polar surface area (TPSA) is 57.7 Å². The minimum Gasteiger partial charge on any atom is -0.467 e. The summed E-state index contributed by atoms with van der Waals surface area (Å²) in [7, 11) is 1.43. The lowest BCUT2D eigenvalue weighted by Crippen LogP contribution is -2.43. The molecule has 2 unspecified atom stereocenters. The molecule has 1 aromatic heterocycles. The second-order valence-corrected chi connectivity index (χ2v) is 6.72. The van der Waals surface area contributed by atoms with Crippen LogP contribution < -0.4 is 0 Å². The number of benzene rings is 1. The number of aromatic amines is 1. The molecule has 120 valence electrons. The Balaban J connectivity index is 1.80. The van der Waals surface area contributed by atoms with Crippen LogP contribution in [0.25, 0.3) is 10.9 Å². The molecule has 1 aliphatic carbocycles. The predicted octanol–water partition coefficient (Wildman–Crippen LogP) is 2.89. The van der Waals surface area contributed by atoms with Gasteiger partial charge in [0.25, 0.3) is 0 Å². The predicted molar refractivity (Wildman–Crippen MR) is 89.4 cm³/mol. The molecule has 1 saturated carbocycles. The quantitative estimate of drug-likeness (QED) is 0.883. The first-order valence-electron chi connectivity index (χ1n) is 8.09. The van der Waals surface area contributed by atoms with E-state index in [-0.39, 0.29) is 12.0 Å². The molecule has 1 N–H and O–H groups in total. The average molecular weight is 311 g/mol. The van der Waals surface area contributed by atoms with Crippen molar-refractivity contribution in [3.05, 3.63) is 36.0 Å². The van der Waals surface area contributed by atoms with Crippen LogP contribution in [0.3, 0.4) is 0 Å². The summed E-state index contributed by atoms with van der Waals surface area (Å²) in [5.74, 6) is 0.427. The lowest BCUT2D eigenvalue weighted by Gasteiger charge is -2.33. The van der Waals surface area contributed by atoms with Crippen molar-refractivity contribution in [1.29, 1.82) is 0 Å². The van der Waals surface area contributed by atoms with Gasteiger partial charge in [-0.15, -0.1) is 0 Å². The maximum absolute atomic E-state index is 12.5. The number of fused-ring (bicyclic) bond motifs is 1. The summed E-state index contributed by atoms with van der Waals surface area (Å²) >= 11 is 0. The van der Waals surface area contributed by atoms with Gasteiger partial charge in [0.05, 0.1) is 19.5 Å². The van der Waals surface area contributed by atoms with Gasteiger partial charge in [-0.3, -0.25) is 4.99 Å². The highest BCUT2D eigenvalue weighted by atomic mass is 16.5. The zero-order valence-corrected chi connectivity index (χ0v) is 13.5. The Morgan fingerprint density at radius 2 is 2.22 bits per heavy atom. The highest BCUT2D eigenvalue weighted by Gasteiger charge is 2.50. The molecule has 0 bridgehead atoms. The first-order valence-corrected chi connectivity index (χ1v) is 8.09. The standard InChI is InChI=1S/C18H21N3O2/c1-18(17(22)23-2)16(21(11-20-18)10-12-7-8-12)14-9-19-15-6-4-3-5-13(14)15/h3-6,9,11-12,16,19H,7-8,10H2,1-2H3. The van der Waals surface area contributed by atoms with Crippen LogP contribution in [0.4, 0.5) is 0 Å². The summed E-state index contributed by atoms with van der Waals surface area (Å²) < 4.78 is 5.06. The Labute approximate surface area is 135 Å². The number of nitrogens with one attached hydrogen (secondary N) is 1. The number of hydrogen-bond acceptors (Lipinski definition) is 4.